The predicted molar refractivity (Wildman–Crippen MR) is 77.6 cm³/mol. The van der Waals surface area contributed by atoms with Gasteiger partial charge in [-0.2, -0.15) is 0 Å². The highest BCUT2D eigenvalue weighted by Crippen LogP contribution is 2.34. The van der Waals surface area contributed by atoms with E-state index < -0.39 is 0 Å². The Labute approximate surface area is 115 Å². The van der Waals surface area contributed by atoms with Crippen LogP contribution in [0.3, 0.4) is 0 Å². The van der Waals surface area contributed by atoms with Crippen LogP contribution in [0.25, 0.3) is 10.9 Å². The SMILES string of the molecule is CNc1nc2c(Br)ccc(F)c2cc1C(C)(C)C. The number of nitrogens with zero attached hydrogens (tertiary/aromatic N) is 1. The second kappa shape index (κ2) is 4.50. The maximum absolute atomic E-state index is 13.9. The highest BCUT2D eigenvalue weighted by atomic mass is 79.9. The van der Waals surface area contributed by atoms with Crippen LogP contribution >= 0.6 is 15.9 Å². The Hall–Kier alpha value is -1.16. The van der Waals surface area contributed by atoms with Crippen molar-refractivity contribution in [3.05, 3.63) is 34.1 Å². The molecule has 2 rings (SSSR count). The van der Waals surface area contributed by atoms with Gasteiger partial charge < -0.3 is 5.32 Å². The van der Waals surface area contributed by atoms with Gasteiger partial charge in [0.1, 0.15) is 11.6 Å². The van der Waals surface area contributed by atoms with Crippen LogP contribution in [0.5, 0.6) is 0 Å². The van der Waals surface area contributed by atoms with Gasteiger partial charge in [-0.25, -0.2) is 9.37 Å². The number of rotatable bonds is 1. The van der Waals surface area contributed by atoms with Crippen molar-refractivity contribution in [2.24, 2.45) is 0 Å². The number of pyridine rings is 1. The van der Waals surface area contributed by atoms with E-state index in [2.05, 4.69) is 47.0 Å². The maximum atomic E-state index is 13.9. The fourth-order valence-electron chi connectivity index (χ4n) is 1.95. The first-order valence-corrected chi connectivity index (χ1v) is 6.61. The number of anilines is 1. The van der Waals surface area contributed by atoms with E-state index in [1.165, 1.54) is 6.07 Å². The molecule has 1 N–H and O–H groups in total. The highest BCUT2D eigenvalue weighted by molar-refractivity contribution is 9.10. The number of nitrogens with one attached hydrogen (secondary N) is 1. The molecule has 4 heteroatoms. The largest absolute Gasteiger partial charge is 0.373 e. The normalized spacial score (nSPS) is 11.9. The van der Waals surface area contributed by atoms with Gasteiger partial charge in [-0.05, 0) is 39.5 Å². The zero-order valence-electron chi connectivity index (χ0n) is 10.9. The monoisotopic (exact) mass is 310 g/mol. The smallest absolute Gasteiger partial charge is 0.132 e. The molecule has 2 aromatic rings. The molecule has 0 atom stereocenters. The predicted octanol–water partition coefficient (Wildman–Crippen LogP) is 4.48. The summed E-state index contributed by atoms with van der Waals surface area (Å²) in [5.74, 6) is 0.551. The number of benzene rings is 1. The van der Waals surface area contributed by atoms with Crippen molar-refractivity contribution in [3.63, 3.8) is 0 Å². The van der Waals surface area contributed by atoms with Crippen molar-refractivity contribution >= 4 is 32.7 Å². The van der Waals surface area contributed by atoms with Crippen LogP contribution in [0, 0.1) is 5.82 Å². The van der Waals surface area contributed by atoms with E-state index in [1.807, 2.05) is 13.1 Å². The van der Waals surface area contributed by atoms with Crippen LogP contribution in [0.4, 0.5) is 10.2 Å². The second-order valence-corrected chi connectivity index (χ2v) is 6.16. The summed E-state index contributed by atoms with van der Waals surface area (Å²) < 4.78 is 14.7. The second-order valence-electron chi connectivity index (χ2n) is 5.31. The first-order chi connectivity index (χ1) is 8.34. The Morgan fingerprint density at radius 2 is 1.94 bits per heavy atom. The molecule has 0 fully saturated rings. The van der Waals surface area contributed by atoms with Crippen LogP contribution < -0.4 is 5.32 Å². The highest BCUT2D eigenvalue weighted by Gasteiger charge is 2.21. The quantitative estimate of drug-likeness (QED) is 0.840. The lowest BCUT2D eigenvalue weighted by Gasteiger charge is -2.22. The van der Waals surface area contributed by atoms with Crippen molar-refractivity contribution in [3.8, 4) is 0 Å². The minimum absolute atomic E-state index is 0.0890. The van der Waals surface area contributed by atoms with E-state index in [9.17, 15) is 4.39 Å². The summed E-state index contributed by atoms with van der Waals surface area (Å²) in [5.41, 5.74) is 1.57. The molecule has 0 saturated carbocycles. The zero-order valence-corrected chi connectivity index (χ0v) is 12.5. The van der Waals surface area contributed by atoms with Gasteiger partial charge in [-0.15, -0.1) is 0 Å². The third-order valence-electron chi connectivity index (χ3n) is 2.93. The summed E-state index contributed by atoms with van der Waals surface area (Å²) >= 11 is 3.41. The molecule has 0 aliphatic carbocycles. The Balaban J connectivity index is 2.86. The molecule has 1 aromatic carbocycles. The van der Waals surface area contributed by atoms with Crippen LogP contribution in [0.2, 0.25) is 0 Å². The molecule has 0 unspecified atom stereocenters. The van der Waals surface area contributed by atoms with Gasteiger partial charge in [-0.3, -0.25) is 0 Å². The molecular formula is C14H16BrFN2. The Morgan fingerprint density at radius 1 is 1.28 bits per heavy atom. The fraction of sp³-hybridized carbons (Fsp3) is 0.357. The van der Waals surface area contributed by atoms with Gasteiger partial charge in [-0.1, -0.05) is 20.8 Å². The number of fused-ring (bicyclic) bond motifs is 1. The molecule has 0 saturated heterocycles. The van der Waals surface area contributed by atoms with E-state index in [1.54, 1.807) is 6.07 Å². The molecule has 0 spiro atoms. The van der Waals surface area contributed by atoms with Gasteiger partial charge in [0.15, 0.2) is 0 Å². The molecule has 18 heavy (non-hydrogen) atoms. The molecule has 1 aromatic heterocycles. The zero-order chi connectivity index (χ0) is 13.5. The molecule has 1 heterocycles. The Kier molecular flexibility index (Phi) is 3.32. The van der Waals surface area contributed by atoms with Crippen LogP contribution in [-0.2, 0) is 5.41 Å². The summed E-state index contributed by atoms with van der Waals surface area (Å²) in [6, 6.07) is 5.02. The van der Waals surface area contributed by atoms with Gasteiger partial charge in [0.05, 0.1) is 5.52 Å². The van der Waals surface area contributed by atoms with Gasteiger partial charge in [0, 0.05) is 22.5 Å². The summed E-state index contributed by atoms with van der Waals surface area (Å²) in [7, 11) is 1.83. The number of aromatic nitrogens is 1. The lowest BCUT2D eigenvalue weighted by Crippen LogP contribution is -2.15. The third kappa shape index (κ3) is 2.21. The molecule has 0 aliphatic rings. The standard InChI is InChI=1S/C14H16BrFN2/c1-14(2,3)9-7-8-11(16)6-5-10(15)12(8)18-13(9)17-4/h5-7H,1-4H3,(H,17,18). The first kappa shape index (κ1) is 13.3. The van der Waals surface area contributed by atoms with E-state index >= 15 is 0 Å². The topological polar surface area (TPSA) is 24.9 Å². The van der Waals surface area contributed by atoms with Gasteiger partial charge >= 0.3 is 0 Å². The summed E-state index contributed by atoms with van der Waals surface area (Å²) in [5, 5.41) is 3.64. The first-order valence-electron chi connectivity index (χ1n) is 5.81. The lowest BCUT2D eigenvalue weighted by atomic mass is 9.86. The van der Waals surface area contributed by atoms with E-state index in [-0.39, 0.29) is 11.2 Å². The lowest BCUT2D eigenvalue weighted by molar-refractivity contribution is 0.589. The molecule has 0 aliphatic heterocycles. The molecule has 0 amide bonds. The van der Waals surface area contributed by atoms with Crippen molar-refractivity contribution in [2.75, 3.05) is 12.4 Å². The van der Waals surface area contributed by atoms with Crippen LogP contribution in [0.15, 0.2) is 22.7 Å². The van der Waals surface area contributed by atoms with Crippen molar-refractivity contribution in [1.82, 2.24) is 4.98 Å². The molecule has 0 bridgehead atoms. The molecule has 96 valence electrons. The van der Waals surface area contributed by atoms with Crippen LogP contribution in [-0.4, -0.2) is 12.0 Å². The number of hydrogen-bond donors (Lipinski definition) is 1. The van der Waals surface area contributed by atoms with Crippen molar-refractivity contribution in [2.45, 2.75) is 26.2 Å². The Morgan fingerprint density at radius 3 is 2.50 bits per heavy atom. The van der Waals surface area contributed by atoms with E-state index in [0.29, 0.717) is 10.9 Å². The summed E-state index contributed by atoms with van der Waals surface area (Å²) in [6.45, 7) is 6.27. The van der Waals surface area contributed by atoms with Gasteiger partial charge in [0.2, 0.25) is 0 Å². The average Bonchev–Trinajstić information content (AvgIpc) is 2.31. The van der Waals surface area contributed by atoms with Gasteiger partial charge in [0.25, 0.3) is 0 Å². The van der Waals surface area contributed by atoms with Crippen molar-refractivity contribution in [1.29, 1.82) is 0 Å². The van der Waals surface area contributed by atoms with Crippen molar-refractivity contribution < 1.29 is 4.39 Å². The van der Waals surface area contributed by atoms with E-state index in [4.69, 9.17) is 0 Å². The maximum Gasteiger partial charge on any atom is 0.132 e. The summed E-state index contributed by atoms with van der Waals surface area (Å²) in [6.07, 6.45) is 0. The minimum atomic E-state index is -0.242. The number of halogens is 2. The average molecular weight is 311 g/mol. The molecular weight excluding hydrogens is 295 g/mol. The molecule has 2 nitrogen and oxygen atoms in total. The Bertz CT molecular complexity index is 603. The minimum Gasteiger partial charge on any atom is -0.373 e. The third-order valence-corrected chi connectivity index (χ3v) is 3.57. The van der Waals surface area contributed by atoms with E-state index in [0.717, 1.165) is 15.9 Å². The fourth-order valence-corrected chi connectivity index (χ4v) is 2.39. The summed E-state index contributed by atoms with van der Waals surface area (Å²) in [4.78, 5) is 4.52. The van der Waals surface area contributed by atoms with Crippen LogP contribution in [0.1, 0.15) is 26.3 Å². The molecule has 0 radical (unpaired) electrons. The number of hydrogen-bond acceptors (Lipinski definition) is 2.